The lowest BCUT2D eigenvalue weighted by Gasteiger charge is -2.45. The summed E-state index contributed by atoms with van der Waals surface area (Å²) in [5, 5.41) is -2.91. The van der Waals surface area contributed by atoms with Gasteiger partial charge >= 0.3 is 23.8 Å². The van der Waals surface area contributed by atoms with Gasteiger partial charge in [0.15, 0.2) is 0 Å². The largest absolute Gasteiger partial charge is 0.401 e. The Kier molecular flexibility index (Phi) is 2.44. The van der Waals surface area contributed by atoms with Gasteiger partial charge < -0.3 is 0 Å². The summed E-state index contributed by atoms with van der Waals surface area (Å²) in [6.45, 7) is 0. The summed E-state index contributed by atoms with van der Waals surface area (Å²) in [7, 11) is 0. The summed E-state index contributed by atoms with van der Waals surface area (Å²) in [6.07, 6.45) is -4.88. The van der Waals surface area contributed by atoms with Crippen molar-refractivity contribution in [1.29, 1.82) is 0 Å². The standard InChI is InChI=1S/C5HF10N/c6-1-2(7,8)3(9,10)4(11,12)5(13,14)16(1)15/h1H. The maximum absolute atomic E-state index is 12.3. The van der Waals surface area contributed by atoms with Crippen LogP contribution >= 0.6 is 0 Å². The summed E-state index contributed by atoms with van der Waals surface area (Å²) in [6, 6.07) is -6.38. The summed E-state index contributed by atoms with van der Waals surface area (Å²) in [5.74, 6) is -19.8. The lowest BCUT2D eigenvalue weighted by Crippen LogP contribution is -2.76. The van der Waals surface area contributed by atoms with Crippen LogP contribution < -0.4 is 0 Å². The van der Waals surface area contributed by atoms with Crippen molar-refractivity contribution in [3.8, 4) is 0 Å². The Hall–Kier alpha value is -0.740. The Morgan fingerprint density at radius 1 is 0.750 bits per heavy atom. The molecule has 1 aliphatic rings. The quantitative estimate of drug-likeness (QED) is 0.370. The van der Waals surface area contributed by atoms with E-state index in [9.17, 15) is 44.0 Å². The van der Waals surface area contributed by atoms with Crippen LogP contribution in [0, 0.1) is 0 Å². The van der Waals surface area contributed by atoms with E-state index >= 15 is 0 Å². The number of piperidine rings is 1. The maximum atomic E-state index is 12.3. The minimum Gasteiger partial charge on any atom is -0.220 e. The molecule has 0 spiro atoms. The zero-order valence-corrected chi connectivity index (χ0v) is 6.80. The van der Waals surface area contributed by atoms with Gasteiger partial charge in [-0.25, -0.2) is 4.39 Å². The van der Waals surface area contributed by atoms with E-state index in [4.69, 9.17) is 0 Å². The first-order valence-corrected chi connectivity index (χ1v) is 3.42. The Bertz CT molecular complexity index is 268. The van der Waals surface area contributed by atoms with Crippen LogP contribution in [-0.2, 0) is 0 Å². The van der Waals surface area contributed by atoms with Crippen LogP contribution in [0.4, 0.5) is 44.0 Å². The monoisotopic (exact) mass is 265 g/mol. The van der Waals surface area contributed by atoms with E-state index < -0.39 is 35.2 Å². The molecule has 11 heteroatoms. The van der Waals surface area contributed by atoms with E-state index in [0.717, 1.165) is 0 Å². The van der Waals surface area contributed by atoms with Crippen molar-refractivity contribution in [3.63, 3.8) is 0 Å². The molecule has 1 nitrogen and oxygen atoms in total. The second-order valence-corrected chi connectivity index (χ2v) is 2.96. The van der Waals surface area contributed by atoms with E-state index in [2.05, 4.69) is 0 Å². The molecule has 1 fully saturated rings. The van der Waals surface area contributed by atoms with E-state index in [0.29, 0.717) is 0 Å². The van der Waals surface area contributed by atoms with E-state index in [1.54, 1.807) is 0 Å². The van der Waals surface area contributed by atoms with Gasteiger partial charge in [-0.05, 0) is 5.12 Å². The fourth-order valence-corrected chi connectivity index (χ4v) is 0.967. The molecule has 0 aromatic carbocycles. The molecule has 0 aromatic heterocycles. The first-order chi connectivity index (χ1) is 6.82. The van der Waals surface area contributed by atoms with Crippen LogP contribution in [0.3, 0.4) is 0 Å². The van der Waals surface area contributed by atoms with Crippen molar-refractivity contribution in [1.82, 2.24) is 5.12 Å². The molecule has 1 rings (SSSR count). The van der Waals surface area contributed by atoms with Gasteiger partial charge in [-0.15, -0.1) is 4.48 Å². The molecular formula is C5HF10N. The molecule has 1 heterocycles. The van der Waals surface area contributed by atoms with E-state index in [-0.39, 0.29) is 0 Å². The average Bonchev–Trinajstić information content (AvgIpc) is 2.12. The first-order valence-electron chi connectivity index (χ1n) is 3.42. The molecule has 1 saturated heterocycles. The van der Waals surface area contributed by atoms with Crippen molar-refractivity contribution >= 4 is 0 Å². The molecule has 96 valence electrons. The molecule has 0 aliphatic carbocycles. The molecule has 1 unspecified atom stereocenters. The van der Waals surface area contributed by atoms with Crippen LogP contribution in [0.15, 0.2) is 0 Å². The van der Waals surface area contributed by atoms with Crippen LogP contribution in [-0.4, -0.2) is 35.2 Å². The molecule has 0 aromatic rings. The Morgan fingerprint density at radius 3 is 1.50 bits per heavy atom. The molecular weight excluding hydrogens is 264 g/mol. The number of hydrogen-bond acceptors (Lipinski definition) is 1. The molecule has 0 amide bonds. The normalized spacial score (nSPS) is 36.0. The molecule has 0 bridgehead atoms. The second kappa shape index (κ2) is 2.93. The van der Waals surface area contributed by atoms with Crippen LogP contribution in [0.1, 0.15) is 0 Å². The number of hydrogen-bond donors (Lipinski definition) is 0. The van der Waals surface area contributed by atoms with E-state index in [1.165, 1.54) is 0 Å². The third kappa shape index (κ3) is 1.12. The highest BCUT2D eigenvalue weighted by Gasteiger charge is 2.90. The van der Waals surface area contributed by atoms with Gasteiger partial charge in [0.05, 0.1) is 0 Å². The predicted molar refractivity (Wildman–Crippen MR) is 27.6 cm³/mol. The van der Waals surface area contributed by atoms with Gasteiger partial charge in [0.25, 0.3) is 6.30 Å². The Balaban J connectivity index is 3.42. The minimum atomic E-state index is -6.75. The SMILES string of the molecule is FC1N(F)C(F)(F)C(F)(F)C(F)(F)C1(F)F. The van der Waals surface area contributed by atoms with Gasteiger partial charge in [0.1, 0.15) is 0 Å². The van der Waals surface area contributed by atoms with Gasteiger partial charge in [0.2, 0.25) is 0 Å². The van der Waals surface area contributed by atoms with Crippen molar-refractivity contribution in [2.75, 3.05) is 0 Å². The van der Waals surface area contributed by atoms with Crippen molar-refractivity contribution in [3.05, 3.63) is 0 Å². The molecule has 16 heavy (non-hydrogen) atoms. The fraction of sp³-hybridized carbons (Fsp3) is 1.00. The highest BCUT2D eigenvalue weighted by Crippen LogP contribution is 2.60. The van der Waals surface area contributed by atoms with Crippen LogP contribution in [0.5, 0.6) is 0 Å². The number of alkyl halides is 9. The highest BCUT2D eigenvalue weighted by atomic mass is 19.4. The number of nitrogens with zero attached hydrogens (tertiary/aromatic N) is 1. The van der Waals surface area contributed by atoms with Crippen molar-refractivity contribution < 1.29 is 44.0 Å². The lowest BCUT2D eigenvalue weighted by molar-refractivity contribution is -0.488. The topological polar surface area (TPSA) is 3.24 Å². The zero-order valence-electron chi connectivity index (χ0n) is 6.80. The third-order valence-corrected chi connectivity index (χ3v) is 1.96. The summed E-state index contributed by atoms with van der Waals surface area (Å²) in [5.41, 5.74) is 0. The molecule has 0 radical (unpaired) electrons. The Morgan fingerprint density at radius 2 is 1.12 bits per heavy atom. The summed E-state index contributed by atoms with van der Waals surface area (Å²) >= 11 is 0. The number of rotatable bonds is 0. The lowest BCUT2D eigenvalue weighted by atomic mass is 9.97. The predicted octanol–water partition coefficient (Wildman–Crippen LogP) is 2.98. The van der Waals surface area contributed by atoms with Gasteiger partial charge in [-0.1, -0.05) is 0 Å². The first kappa shape index (κ1) is 13.3. The average molecular weight is 265 g/mol. The highest BCUT2D eigenvalue weighted by molar-refractivity contribution is 5.09. The van der Waals surface area contributed by atoms with Crippen molar-refractivity contribution in [2.24, 2.45) is 0 Å². The van der Waals surface area contributed by atoms with Gasteiger partial charge in [0, 0.05) is 0 Å². The minimum absolute atomic E-state index is 2.91. The smallest absolute Gasteiger partial charge is 0.220 e. The Labute approximate surface area is 80.5 Å². The summed E-state index contributed by atoms with van der Waals surface area (Å²) < 4.78 is 122. The third-order valence-electron chi connectivity index (χ3n) is 1.96. The summed E-state index contributed by atoms with van der Waals surface area (Å²) in [4.78, 5) is 0. The fourth-order valence-electron chi connectivity index (χ4n) is 0.967. The number of halogens is 10. The second-order valence-electron chi connectivity index (χ2n) is 2.96. The van der Waals surface area contributed by atoms with Crippen LogP contribution in [0.25, 0.3) is 0 Å². The van der Waals surface area contributed by atoms with Gasteiger partial charge in [-0.2, -0.15) is 35.1 Å². The molecule has 0 saturated carbocycles. The molecule has 1 atom stereocenters. The molecule has 1 aliphatic heterocycles. The van der Waals surface area contributed by atoms with Crippen LogP contribution in [0.2, 0.25) is 0 Å². The zero-order chi connectivity index (χ0) is 13.2. The van der Waals surface area contributed by atoms with Crippen molar-refractivity contribution in [2.45, 2.75) is 30.1 Å². The van der Waals surface area contributed by atoms with Gasteiger partial charge in [-0.3, -0.25) is 0 Å². The molecule has 0 N–H and O–H groups in total. The van der Waals surface area contributed by atoms with E-state index in [1.807, 2.05) is 0 Å². The maximum Gasteiger partial charge on any atom is 0.401 e.